The highest BCUT2D eigenvalue weighted by atomic mass is 16.4. The van der Waals surface area contributed by atoms with Crippen molar-refractivity contribution in [2.24, 2.45) is 0 Å². The zero-order chi connectivity index (χ0) is 14.3. The monoisotopic (exact) mass is 273 g/mol. The Morgan fingerprint density at radius 1 is 1.55 bits per heavy atom. The number of aromatic nitrogens is 2. The lowest BCUT2D eigenvalue weighted by molar-refractivity contribution is -0.142. The lowest BCUT2D eigenvalue weighted by Crippen LogP contribution is -2.38. The van der Waals surface area contributed by atoms with Crippen LogP contribution in [0.1, 0.15) is 37.2 Å². The van der Waals surface area contributed by atoms with Crippen molar-refractivity contribution in [2.45, 2.75) is 38.8 Å². The summed E-state index contributed by atoms with van der Waals surface area (Å²) in [4.78, 5) is 21.2. The maximum Gasteiger partial charge on any atom is 0.320 e. The SMILES string of the molecule is Cc1ccc2nc(C(C)N3CCCC3C(=O)O)[nH]c2c1. The second kappa shape index (κ2) is 4.90. The van der Waals surface area contributed by atoms with Gasteiger partial charge in [-0.2, -0.15) is 0 Å². The van der Waals surface area contributed by atoms with Crippen LogP contribution in [0.15, 0.2) is 18.2 Å². The van der Waals surface area contributed by atoms with Gasteiger partial charge in [0.1, 0.15) is 11.9 Å². The molecule has 2 atom stereocenters. The first-order valence-corrected chi connectivity index (χ1v) is 7.01. The molecule has 0 saturated carbocycles. The van der Waals surface area contributed by atoms with Crippen LogP contribution in [-0.2, 0) is 4.79 Å². The number of hydrogen-bond donors (Lipinski definition) is 2. The highest BCUT2D eigenvalue weighted by Gasteiger charge is 2.35. The quantitative estimate of drug-likeness (QED) is 0.901. The van der Waals surface area contributed by atoms with Crippen molar-refractivity contribution in [1.29, 1.82) is 0 Å². The van der Waals surface area contributed by atoms with Crippen LogP contribution < -0.4 is 0 Å². The Balaban J connectivity index is 1.91. The Morgan fingerprint density at radius 3 is 3.10 bits per heavy atom. The number of nitrogens with zero attached hydrogens (tertiary/aromatic N) is 2. The van der Waals surface area contributed by atoms with Gasteiger partial charge in [-0.05, 0) is 50.9 Å². The Morgan fingerprint density at radius 2 is 2.35 bits per heavy atom. The number of nitrogens with one attached hydrogen (secondary N) is 1. The molecule has 1 aliphatic heterocycles. The summed E-state index contributed by atoms with van der Waals surface area (Å²) >= 11 is 0. The highest BCUT2D eigenvalue weighted by molar-refractivity contribution is 5.76. The molecule has 2 aromatic rings. The predicted molar refractivity (Wildman–Crippen MR) is 76.6 cm³/mol. The lowest BCUT2D eigenvalue weighted by Gasteiger charge is -2.26. The van der Waals surface area contributed by atoms with Gasteiger partial charge in [0.15, 0.2) is 0 Å². The second-order valence-electron chi connectivity index (χ2n) is 5.55. The molecule has 1 saturated heterocycles. The summed E-state index contributed by atoms with van der Waals surface area (Å²) in [6, 6.07) is 5.70. The van der Waals surface area contributed by atoms with Crippen molar-refractivity contribution in [1.82, 2.24) is 14.9 Å². The third-order valence-corrected chi connectivity index (χ3v) is 4.13. The number of hydrogen-bond acceptors (Lipinski definition) is 3. The van der Waals surface area contributed by atoms with Crippen molar-refractivity contribution in [3.8, 4) is 0 Å². The van der Waals surface area contributed by atoms with Crippen LogP contribution in [0.5, 0.6) is 0 Å². The number of imidazole rings is 1. The summed E-state index contributed by atoms with van der Waals surface area (Å²) in [6.45, 7) is 4.88. The van der Waals surface area contributed by atoms with Crippen molar-refractivity contribution >= 4 is 17.0 Å². The number of benzene rings is 1. The van der Waals surface area contributed by atoms with Gasteiger partial charge in [0, 0.05) is 0 Å². The van der Waals surface area contributed by atoms with Crippen LogP contribution in [0.25, 0.3) is 11.0 Å². The molecule has 0 spiro atoms. The van der Waals surface area contributed by atoms with Gasteiger partial charge in [-0.15, -0.1) is 0 Å². The van der Waals surface area contributed by atoms with Crippen molar-refractivity contribution < 1.29 is 9.90 Å². The molecule has 20 heavy (non-hydrogen) atoms. The molecular formula is C15H19N3O2. The molecule has 2 N–H and O–H groups in total. The Labute approximate surface area is 117 Å². The predicted octanol–water partition coefficient (Wildman–Crippen LogP) is 2.48. The summed E-state index contributed by atoms with van der Waals surface area (Å²) in [5, 5.41) is 9.28. The summed E-state index contributed by atoms with van der Waals surface area (Å²) in [5.41, 5.74) is 3.13. The lowest BCUT2D eigenvalue weighted by atomic mass is 10.2. The van der Waals surface area contributed by atoms with Gasteiger partial charge in [0.25, 0.3) is 0 Å². The molecule has 2 unspecified atom stereocenters. The average Bonchev–Trinajstić information content (AvgIpc) is 3.03. The van der Waals surface area contributed by atoms with Gasteiger partial charge in [-0.3, -0.25) is 9.69 Å². The zero-order valence-electron chi connectivity index (χ0n) is 11.8. The minimum atomic E-state index is -0.735. The van der Waals surface area contributed by atoms with Crippen molar-refractivity contribution in [3.05, 3.63) is 29.6 Å². The molecule has 106 valence electrons. The number of aliphatic carboxylic acids is 1. The summed E-state index contributed by atoms with van der Waals surface area (Å²) in [7, 11) is 0. The molecule has 3 rings (SSSR count). The van der Waals surface area contributed by atoms with Crippen LogP contribution in [0.2, 0.25) is 0 Å². The molecule has 0 amide bonds. The molecule has 0 aliphatic carbocycles. The summed E-state index contributed by atoms with van der Waals surface area (Å²) in [6.07, 6.45) is 1.65. The van der Waals surface area contributed by atoms with E-state index in [9.17, 15) is 9.90 Å². The van der Waals surface area contributed by atoms with E-state index >= 15 is 0 Å². The smallest absolute Gasteiger partial charge is 0.320 e. The number of aromatic amines is 1. The summed E-state index contributed by atoms with van der Waals surface area (Å²) in [5.74, 6) is 0.111. The summed E-state index contributed by atoms with van der Waals surface area (Å²) < 4.78 is 0. The van der Waals surface area contributed by atoms with E-state index in [1.54, 1.807) is 0 Å². The van der Waals surface area contributed by atoms with E-state index in [0.717, 1.165) is 36.2 Å². The van der Waals surface area contributed by atoms with E-state index in [-0.39, 0.29) is 12.1 Å². The number of carboxylic acids is 1. The van der Waals surface area contributed by atoms with E-state index in [2.05, 4.69) is 16.0 Å². The van der Waals surface area contributed by atoms with E-state index in [1.165, 1.54) is 5.56 Å². The normalized spacial score (nSPS) is 21.4. The van der Waals surface area contributed by atoms with Gasteiger partial charge in [0.05, 0.1) is 17.1 Å². The van der Waals surface area contributed by atoms with Gasteiger partial charge < -0.3 is 10.1 Å². The van der Waals surface area contributed by atoms with Crippen molar-refractivity contribution in [2.75, 3.05) is 6.54 Å². The standard InChI is InChI=1S/C15H19N3O2/c1-9-5-6-11-12(8-9)17-14(16-11)10(2)18-7-3-4-13(18)15(19)20/h5-6,8,10,13H,3-4,7H2,1-2H3,(H,16,17)(H,19,20). The third-order valence-electron chi connectivity index (χ3n) is 4.13. The fourth-order valence-electron chi connectivity index (χ4n) is 3.02. The molecule has 1 aliphatic rings. The molecular weight excluding hydrogens is 254 g/mol. The molecule has 1 aromatic carbocycles. The van der Waals surface area contributed by atoms with Crippen LogP contribution in [0.3, 0.4) is 0 Å². The fourth-order valence-corrected chi connectivity index (χ4v) is 3.02. The van der Waals surface area contributed by atoms with Gasteiger partial charge >= 0.3 is 5.97 Å². The van der Waals surface area contributed by atoms with Gasteiger partial charge in [-0.1, -0.05) is 6.07 Å². The number of likely N-dealkylation sites (tertiary alicyclic amines) is 1. The number of rotatable bonds is 3. The number of fused-ring (bicyclic) bond motifs is 1. The first-order chi connectivity index (χ1) is 9.56. The maximum atomic E-state index is 11.3. The largest absolute Gasteiger partial charge is 0.480 e. The molecule has 2 heterocycles. The minimum absolute atomic E-state index is 0.00805. The van der Waals surface area contributed by atoms with E-state index in [4.69, 9.17) is 0 Å². The van der Waals surface area contributed by atoms with Crippen LogP contribution in [-0.4, -0.2) is 38.5 Å². The van der Waals surface area contributed by atoms with Crippen LogP contribution in [0, 0.1) is 6.92 Å². The molecule has 5 heteroatoms. The van der Waals surface area contributed by atoms with Gasteiger partial charge in [0.2, 0.25) is 0 Å². The number of carbonyl (C=O) groups is 1. The number of carboxylic acid groups (broad SMARTS) is 1. The van der Waals surface area contributed by atoms with E-state index < -0.39 is 5.97 Å². The molecule has 1 aromatic heterocycles. The first-order valence-electron chi connectivity index (χ1n) is 7.01. The molecule has 5 nitrogen and oxygen atoms in total. The highest BCUT2D eigenvalue weighted by Crippen LogP contribution is 2.29. The number of H-pyrrole nitrogens is 1. The average molecular weight is 273 g/mol. The Kier molecular flexibility index (Phi) is 3.22. The van der Waals surface area contributed by atoms with Gasteiger partial charge in [-0.25, -0.2) is 4.98 Å². The maximum absolute atomic E-state index is 11.3. The van der Waals surface area contributed by atoms with Crippen molar-refractivity contribution in [3.63, 3.8) is 0 Å². The molecule has 1 fully saturated rings. The molecule has 0 radical (unpaired) electrons. The van der Waals surface area contributed by atoms with E-state index in [0.29, 0.717) is 0 Å². The fraction of sp³-hybridized carbons (Fsp3) is 0.467. The number of aryl methyl sites for hydroxylation is 1. The topological polar surface area (TPSA) is 69.2 Å². The van der Waals surface area contributed by atoms with Crippen LogP contribution in [0.4, 0.5) is 0 Å². The Hall–Kier alpha value is -1.88. The molecule has 0 bridgehead atoms. The first kappa shape index (κ1) is 13.1. The Bertz CT molecular complexity index is 650. The zero-order valence-corrected chi connectivity index (χ0v) is 11.8. The van der Waals surface area contributed by atoms with Crippen LogP contribution >= 0.6 is 0 Å². The minimum Gasteiger partial charge on any atom is -0.480 e. The van der Waals surface area contributed by atoms with E-state index in [1.807, 2.05) is 30.9 Å². The third kappa shape index (κ3) is 2.18. The second-order valence-corrected chi connectivity index (χ2v) is 5.55.